The molecule has 1 aromatic rings. The third-order valence-corrected chi connectivity index (χ3v) is 3.39. The molecule has 2 N–H and O–H groups in total. The monoisotopic (exact) mass is 302 g/mol. The average molecular weight is 302 g/mol. The van der Waals surface area contributed by atoms with Gasteiger partial charge >= 0.3 is 0 Å². The maximum atomic E-state index is 11.9. The number of rotatable bonds is 10. The molecule has 0 aliphatic carbocycles. The van der Waals surface area contributed by atoms with Gasteiger partial charge in [-0.3, -0.25) is 4.79 Å². The lowest BCUT2D eigenvalue weighted by Crippen LogP contribution is -2.53. The standard InChI is InChI=1S/C16H22N4O2/c1-4-11-19(12-5-2)20(18-22)15(16(17)21)13(3)14-9-7-6-8-10-14/h4-10,13,15H,1-2,11-12H2,3H3,(H2,17,21). The number of hydrogen-bond acceptors (Lipinski definition) is 4. The van der Waals surface area contributed by atoms with E-state index in [1.54, 1.807) is 17.2 Å². The Kier molecular flexibility index (Phi) is 6.98. The molecule has 0 radical (unpaired) electrons. The first kappa shape index (κ1) is 17.6. The van der Waals surface area contributed by atoms with Crippen molar-refractivity contribution in [1.29, 1.82) is 0 Å². The molecule has 0 heterocycles. The number of nitrogens with zero attached hydrogens (tertiary/aromatic N) is 3. The lowest BCUT2D eigenvalue weighted by Gasteiger charge is -2.35. The third kappa shape index (κ3) is 4.26. The minimum atomic E-state index is -0.889. The van der Waals surface area contributed by atoms with E-state index in [0.29, 0.717) is 13.1 Å². The highest BCUT2D eigenvalue weighted by atomic mass is 16.3. The van der Waals surface area contributed by atoms with Crippen LogP contribution in [-0.2, 0) is 4.79 Å². The minimum Gasteiger partial charge on any atom is -0.368 e. The Morgan fingerprint density at radius 3 is 2.23 bits per heavy atom. The Balaban J connectivity index is 3.14. The number of amides is 1. The van der Waals surface area contributed by atoms with E-state index in [0.717, 1.165) is 10.7 Å². The molecule has 1 rings (SSSR count). The lowest BCUT2D eigenvalue weighted by atomic mass is 9.93. The van der Waals surface area contributed by atoms with E-state index in [2.05, 4.69) is 18.4 Å². The summed E-state index contributed by atoms with van der Waals surface area (Å²) in [5, 5.41) is 5.66. The normalized spacial score (nSPS) is 13.2. The van der Waals surface area contributed by atoms with Crippen LogP contribution in [0.4, 0.5) is 0 Å². The molecule has 6 nitrogen and oxygen atoms in total. The highest BCUT2D eigenvalue weighted by Crippen LogP contribution is 2.24. The van der Waals surface area contributed by atoms with Crippen LogP contribution in [-0.4, -0.2) is 35.2 Å². The summed E-state index contributed by atoms with van der Waals surface area (Å²) in [6, 6.07) is 8.50. The van der Waals surface area contributed by atoms with Gasteiger partial charge in [0.1, 0.15) is 0 Å². The number of carbonyl (C=O) groups is 1. The van der Waals surface area contributed by atoms with E-state index in [1.807, 2.05) is 37.3 Å². The van der Waals surface area contributed by atoms with Gasteiger partial charge in [-0.1, -0.05) is 49.4 Å². The number of nitroso groups, excluding NO2 is 1. The van der Waals surface area contributed by atoms with Crippen LogP contribution in [0.2, 0.25) is 0 Å². The fourth-order valence-electron chi connectivity index (χ4n) is 2.32. The van der Waals surface area contributed by atoms with Crippen LogP contribution < -0.4 is 5.73 Å². The molecule has 22 heavy (non-hydrogen) atoms. The van der Waals surface area contributed by atoms with Gasteiger partial charge in [0, 0.05) is 19.0 Å². The SMILES string of the molecule is C=CCN(CC=C)N(N=O)C(C(N)=O)C(C)c1ccccc1. The zero-order valence-corrected chi connectivity index (χ0v) is 12.8. The molecule has 0 spiro atoms. The van der Waals surface area contributed by atoms with Crippen LogP contribution in [0.1, 0.15) is 18.4 Å². The topological polar surface area (TPSA) is 79.0 Å². The smallest absolute Gasteiger partial charge is 0.244 e. The van der Waals surface area contributed by atoms with Gasteiger partial charge < -0.3 is 5.73 Å². The molecule has 0 aromatic heterocycles. The molecular weight excluding hydrogens is 280 g/mol. The molecule has 0 saturated heterocycles. The maximum absolute atomic E-state index is 11.9. The summed E-state index contributed by atoms with van der Waals surface area (Å²) in [5.74, 6) is -0.914. The van der Waals surface area contributed by atoms with Crippen molar-refractivity contribution in [2.45, 2.75) is 18.9 Å². The maximum Gasteiger partial charge on any atom is 0.244 e. The third-order valence-electron chi connectivity index (χ3n) is 3.39. The van der Waals surface area contributed by atoms with E-state index in [1.165, 1.54) is 0 Å². The van der Waals surface area contributed by atoms with Crippen molar-refractivity contribution in [3.8, 4) is 0 Å². The summed E-state index contributed by atoms with van der Waals surface area (Å²) in [6.07, 6.45) is 3.24. The second kappa shape index (κ2) is 8.74. The molecule has 0 aliphatic rings. The minimum absolute atomic E-state index is 0.298. The Morgan fingerprint density at radius 2 is 1.82 bits per heavy atom. The van der Waals surface area contributed by atoms with Gasteiger partial charge in [0.05, 0.1) is 5.29 Å². The van der Waals surface area contributed by atoms with Crippen molar-refractivity contribution >= 4 is 5.91 Å². The second-order valence-electron chi connectivity index (χ2n) is 4.90. The van der Waals surface area contributed by atoms with Crippen molar-refractivity contribution in [2.24, 2.45) is 11.0 Å². The van der Waals surface area contributed by atoms with E-state index < -0.39 is 11.9 Å². The fraction of sp³-hybridized carbons (Fsp3) is 0.312. The van der Waals surface area contributed by atoms with Gasteiger partial charge in [-0.15, -0.1) is 18.1 Å². The Morgan fingerprint density at radius 1 is 1.27 bits per heavy atom. The van der Waals surface area contributed by atoms with Crippen molar-refractivity contribution in [3.05, 3.63) is 66.1 Å². The number of hydrogen-bond donors (Lipinski definition) is 1. The molecule has 0 saturated carbocycles. The summed E-state index contributed by atoms with van der Waals surface area (Å²) < 4.78 is 0. The molecule has 2 unspecified atom stereocenters. The first-order valence-corrected chi connectivity index (χ1v) is 7.00. The molecule has 0 fully saturated rings. The molecule has 2 atom stereocenters. The zero-order valence-electron chi connectivity index (χ0n) is 12.8. The summed E-state index contributed by atoms with van der Waals surface area (Å²) in [6.45, 7) is 9.82. The van der Waals surface area contributed by atoms with E-state index in [9.17, 15) is 9.70 Å². The Bertz CT molecular complexity index is 508. The van der Waals surface area contributed by atoms with Gasteiger partial charge in [-0.05, 0) is 5.56 Å². The van der Waals surface area contributed by atoms with Crippen molar-refractivity contribution in [1.82, 2.24) is 10.1 Å². The lowest BCUT2D eigenvalue weighted by molar-refractivity contribution is -0.134. The van der Waals surface area contributed by atoms with Crippen LogP contribution in [0, 0.1) is 4.91 Å². The number of nitrogens with two attached hydrogens (primary N) is 1. The van der Waals surface area contributed by atoms with E-state index in [-0.39, 0.29) is 5.92 Å². The van der Waals surface area contributed by atoms with E-state index >= 15 is 0 Å². The Labute approximate surface area is 130 Å². The summed E-state index contributed by atoms with van der Waals surface area (Å²) in [7, 11) is 0. The summed E-state index contributed by atoms with van der Waals surface area (Å²) >= 11 is 0. The van der Waals surface area contributed by atoms with Crippen molar-refractivity contribution in [3.63, 3.8) is 0 Å². The summed E-state index contributed by atoms with van der Waals surface area (Å²) in [5.41, 5.74) is 6.42. The van der Waals surface area contributed by atoms with Crippen molar-refractivity contribution in [2.75, 3.05) is 13.1 Å². The highest BCUT2D eigenvalue weighted by molar-refractivity contribution is 5.81. The van der Waals surface area contributed by atoms with Crippen LogP contribution in [0.25, 0.3) is 0 Å². The van der Waals surface area contributed by atoms with Crippen LogP contribution >= 0.6 is 0 Å². The van der Waals surface area contributed by atoms with Gasteiger partial charge in [0.15, 0.2) is 6.04 Å². The summed E-state index contributed by atoms with van der Waals surface area (Å²) in [4.78, 5) is 23.3. The number of benzene rings is 1. The van der Waals surface area contributed by atoms with Gasteiger partial charge in [0.25, 0.3) is 0 Å². The van der Waals surface area contributed by atoms with Gasteiger partial charge in [-0.25, -0.2) is 0 Å². The molecule has 1 aromatic carbocycles. The first-order valence-electron chi connectivity index (χ1n) is 7.00. The zero-order chi connectivity index (χ0) is 16.5. The second-order valence-corrected chi connectivity index (χ2v) is 4.90. The van der Waals surface area contributed by atoms with Gasteiger partial charge in [0.2, 0.25) is 5.91 Å². The Hall–Kier alpha value is -2.47. The van der Waals surface area contributed by atoms with Crippen LogP contribution in [0.15, 0.2) is 60.9 Å². The quantitative estimate of drug-likeness (QED) is 0.408. The molecule has 0 aliphatic heterocycles. The predicted molar refractivity (Wildman–Crippen MR) is 87.4 cm³/mol. The average Bonchev–Trinajstić information content (AvgIpc) is 2.52. The van der Waals surface area contributed by atoms with Crippen molar-refractivity contribution < 1.29 is 4.79 Å². The van der Waals surface area contributed by atoms with E-state index in [4.69, 9.17) is 5.73 Å². The molecule has 1 amide bonds. The van der Waals surface area contributed by atoms with Crippen LogP contribution in [0.3, 0.4) is 0 Å². The number of primary amides is 1. The molecule has 6 heteroatoms. The first-order chi connectivity index (χ1) is 10.6. The highest BCUT2D eigenvalue weighted by Gasteiger charge is 2.34. The predicted octanol–water partition coefficient (Wildman–Crippen LogP) is 2.22. The molecule has 0 bridgehead atoms. The number of hydrazine groups is 1. The molecule has 118 valence electrons. The molecular formula is C16H22N4O2. The largest absolute Gasteiger partial charge is 0.368 e. The van der Waals surface area contributed by atoms with Crippen LogP contribution in [0.5, 0.6) is 0 Å². The fourth-order valence-corrected chi connectivity index (χ4v) is 2.32. The van der Waals surface area contributed by atoms with Gasteiger partial charge in [-0.2, -0.15) is 10.1 Å². The number of carbonyl (C=O) groups excluding carboxylic acids is 1.